The normalized spacial score (nSPS) is 17.4. The van der Waals surface area contributed by atoms with Crippen molar-refractivity contribution in [3.8, 4) is 0 Å². The Bertz CT molecular complexity index is 645. The summed E-state index contributed by atoms with van der Waals surface area (Å²) in [6.45, 7) is 0.699. The number of anilines is 1. The van der Waals surface area contributed by atoms with Crippen LogP contribution in [0, 0.1) is 0 Å². The second-order valence-electron chi connectivity index (χ2n) is 4.73. The third-order valence-electron chi connectivity index (χ3n) is 3.40. The van der Waals surface area contributed by atoms with Gasteiger partial charge in [0.25, 0.3) is 0 Å². The van der Waals surface area contributed by atoms with Crippen molar-refractivity contribution in [2.75, 3.05) is 5.32 Å². The minimum Gasteiger partial charge on any atom is -0.308 e. The number of hydrogen-bond donors (Lipinski definition) is 2. The second kappa shape index (κ2) is 5.61. The number of pyridine rings is 1. The van der Waals surface area contributed by atoms with Crippen LogP contribution < -0.4 is 10.6 Å². The number of amides is 1. The van der Waals surface area contributed by atoms with E-state index in [1.54, 1.807) is 18.3 Å². The van der Waals surface area contributed by atoms with Crippen LogP contribution in [-0.2, 0) is 17.8 Å². The molecule has 102 valence electrons. The summed E-state index contributed by atoms with van der Waals surface area (Å²) < 4.78 is 0. The Morgan fingerprint density at radius 2 is 2.05 bits per heavy atom. The van der Waals surface area contributed by atoms with Crippen molar-refractivity contribution in [1.82, 2.24) is 10.3 Å². The van der Waals surface area contributed by atoms with Gasteiger partial charge >= 0.3 is 0 Å². The third kappa shape index (κ3) is 2.66. The first-order valence-electron chi connectivity index (χ1n) is 6.45. The van der Waals surface area contributed by atoms with Gasteiger partial charge in [0.15, 0.2) is 5.82 Å². The summed E-state index contributed by atoms with van der Waals surface area (Å²) in [5.41, 5.74) is 2.45. The summed E-state index contributed by atoms with van der Waals surface area (Å²) in [4.78, 5) is 16.3. The summed E-state index contributed by atoms with van der Waals surface area (Å²) in [6.07, 6.45) is 2.28. The minimum absolute atomic E-state index is 0.111. The Morgan fingerprint density at radius 1 is 1.25 bits per heavy atom. The minimum atomic E-state index is -0.261. The fourth-order valence-electron chi connectivity index (χ4n) is 2.32. The number of halogens is 1. The number of nitrogens with zero attached hydrogens (tertiary/aromatic N) is 1. The molecule has 0 radical (unpaired) electrons. The van der Waals surface area contributed by atoms with Gasteiger partial charge < -0.3 is 10.6 Å². The number of carbonyl (C=O) groups is 1. The van der Waals surface area contributed by atoms with Gasteiger partial charge in [-0.05, 0) is 29.7 Å². The summed E-state index contributed by atoms with van der Waals surface area (Å²) in [6, 6.07) is 11.3. The zero-order valence-electron chi connectivity index (χ0n) is 10.8. The number of rotatable bonds is 2. The van der Waals surface area contributed by atoms with Crippen molar-refractivity contribution < 1.29 is 4.79 Å². The van der Waals surface area contributed by atoms with Crippen LogP contribution in [-0.4, -0.2) is 16.9 Å². The van der Waals surface area contributed by atoms with Gasteiger partial charge in [0, 0.05) is 12.7 Å². The van der Waals surface area contributed by atoms with Crippen LogP contribution in [0.4, 0.5) is 5.82 Å². The molecule has 2 aromatic rings. The standard InChI is InChI=1S/C15H14ClN3O/c16-12-6-3-7-17-14(12)19-15(20)13-8-10-4-1-2-5-11(10)9-18-13/h1-7,13,18H,8-9H2,(H,17,19,20)/t13-/m1/s1. The molecule has 1 aromatic carbocycles. The molecule has 3 rings (SSSR count). The number of nitrogens with one attached hydrogen (secondary N) is 2. The first-order valence-corrected chi connectivity index (χ1v) is 6.83. The van der Waals surface area contributed by atoms with Crippen LogP contribution in [0.15, 0.2) is 42.6 Å². The molecule has 1 atom stereocenters. The van der Waals surface area contributed by atoms with E-state index in [0.717, 1.165) is 0 Å². The first kappa shape index (κ1) is 13.1. The van der Waals surface area contributed by atoms with Gasteiger partial charge in [-0.2, -0.15) is 0 Å². The maximum atomic E-state index is 12.3. The number of carbonyl (C=O) groups excluding carboxylic acids is 1. The molecular weight excluding hydrogens is 274 g/mol. The predicted molar refractivity (Wildman–Crippen MR) is 78.7 cm³/mol. The van der Waals surface area contributed by atoms with Gasteiger partial charge in [-0.25, -0.2) is 4.98 Å². The molecule has 0 saturated carbocycles. The molecule has 1 aliphatic heterocycles. The molecule has 0 aliphatic carbocycles. The molecule has 2 N–H and O–H groups in total. The Kier molecular flexibility index (Phi) is 3.67. The van der Waals surface area contributed by atoms with Gasteiger partial charge in [0.2, 0.25) is 5.91 Å². The lowest BCUT2D eigenvalue weighted by atomic mass is 9.95. The molecule has 1 aliphatic rings. The lowest BCUT2D eigenvalue weighted by Gasteiger charge is -2.25. The number of hydrogen-bond acceptors (Lipinski definition) is 3. The van der Waals surface area contributed by atoms with Crippen molar-refractivity contribution in [3.63, 3.8) is 0 Å². The largest absolute Gasteiger partial charge is 0.308 e. The molecule has 4 nitrogen and oxygen atoms in total. The SMILES string of the molecule is O=C(Nc1ncccc1Cl)[C@H]1Cc2ccccc2CN1. The third-order valence-corrected chi connectivity index (χ3v) is 3.70. The quantitative estimate of drug-likeness (QED) is 0.892. The number of aromatic nitrogens is 1. The molecule has 20 heavy (non-hydrogen) atoms. The molecule has 0 fully saturated rings. The molecule has 1 aromatic heterocycles. The average molecular weight is 288 g/mol. The molecule has 1 amide bonds. The molecule has 0 spiro atoms. The summed E-state index contributed by atoms with van der Waals surface area (Å²) in [5, 5.41) is 6.44. The van der Waals surface area contributed by atoms with Crippen LogP contribution in [0.2, 0.25) is 5.02 Å². The van der Waals surface area contributed by atoms with Gasteiger partial charge in [0.1, 0.15) is 0 Å². The van der Waals surface area contributed by atoms with Gasteiger partial charge in [-0.3, -0.25) is 4.79 Å². The zero-order valence-corrected chi connectivity index (χ0v) is 11.5. The van der Waals surface area contributed by atoms with Gasteiger partial charge in [-0.1, -0.05) is 35.9 Å². The molecule has 2 heterocycles. The van der Waals surface area contributed by atoms with Crippen molar-refractivity contribution in [2.24, 2.45) is 0 Å². The smallest absolute Gasteiger partial charge is 0.243 e. The summed E-state index contributed by atoms with van der Waals surface area (Å²) in [7, 11) is 0. The fourth-order valence-corrected chi connectivity index (χ4v) is 2.49. The molecular formula is C15H14ClN3O. The second-order valence-corrected chi connectivity index (χ2v) is 5.14. The Labute approximate surface area is 122 Å². The van der Waals surface area contributed by atoms with E-state index < -0.39 is 0 Å². The highest BCUT2D eigenvalue weighted by Gasteiger charge is 2.24. The Morgan fingerprint density at radius 3 is 2.85 bits per heavy atom. The Hall–Kier alpha value is -1.91. The highest BCUT2D eigenvalue weighted by Crippen LogP contribution is 2.20. The predicted octanol–water partition coefficient (Wildman–Crippen LogP) is 2.39. The average Bonchev–Trinajstić information content (AvgIpc) is 2.49. The van der Waals surface area contributed by atoms with E-state index in [1.165, 1.54) is 11.1 Å². The van der Waals surface area contributed by atoms with E-state index in [1.807, 2.05) is 12.1 Å². The summed E-state index contributed by atoms with van der Waals surface area (Å²) in [5.74, 6) is 0.292. The van der Waals surface area contributed by atoms with E-state index in [2.05, 4.69) is 27.8 Å². The molecule has 5 heteroatoms. The number of fused-ring (bicyclic) bond motifs is 1. The van der Waals surface area contributed by atoms with Crippen LogP contribution in [0.25, 0.3) is 0 Å². The monoisotopic (exact) mass is 287 g/mol. The van der Waals surface area contributed by atoms with Crippen LogP contribution in [0.5, 0.6) is 0 Å². The van der Waals surface area contributed by atoms with Gasteiger partial charge in [0.05, 0.1) is 11.1 Å². The highest BCUT2D eigenvalue weighted by atomic mass is 35.5. The van der Waals surface area contributed by atoms with Crippen molar-refractivity contribution in [1.29, 1.82) is 0 Å². The lowest BCUT2D eigenvalue weighted by Crippen LogP contribution is -2.44. The van der Waals surface area contributed by atoms with Crippen molar-refractivity contribution in [2.45, 2.75) is 19.0 Å². The van der Waals surface area contributed by atoms with Crippen LogP contribution in [0.3, 0.4) is 0 Å². The van der Waals surface area contributed by atoms with Crippen molar-refractivity contribution in [3.05, 3.63) is 58.7 Å². The van der Waals surface area contributed by atoms with E-state index >= 15 is 0 Å². The Balaban J connectivity index is 1.72. The van der Waals surface area contributed by atoms with E-state index in [-0.39, 0.29) is 11.9 Å². The van der Waals surface area contributed by atoms with Crippen molar-refractivity contribution >= 4 is 23.3 Å². The zero-order chi connectivity index (χ0) is 13.9. The van der Waals surface area contributed by atoms with Gasteiger partial charge in [-0.15, -0.1) is 0 Å². The lowest BCUT2D eigenvalue weighted by molar-refractivity contribution is -0.118. The molecule has 0 saturated heterocycles. The molecule has 0 unspecified atom stereocenters. The fraction of sp³-hybridized carbons (Fsp3) is 0.200. The molecule has 0 bridgehead atoms. The highest BCUT2D eigenvalue weighted by molar-refractivity contribution is 6.33. The van der Waals surface area contributed by atoms with E-state index in [4.69, 9.17) is 11.6 Å². The summed E-state index contributed by atoms with van der Waals surface area (Å²) >= 11 is 5.99. The topological polar surface area (TPSA) is 54.0 Å². The van der Waals surface area contributed by atoms with Crippen LogP contribution >= 0.6 is 11.6 Å². The first-order chi connectivity index (χ1) is 9.74. The van der Waals surface area contributed by atoms with E-state index in [9.17, 15) is 4.79 Å². The maximum Gasteiger partial charge on any atom is 0.243 e. The van der Waals surface area contributed by atoms with Crippen LogP contribution in [0.1, 0.15) is 11.1 Å². The number of benzene rings is 1. The van der Waals surface area contributed by atoms with E-state index in [0.29, 0.717) is 23.8 Å². The maximum absolute atomic E-state index is 12.3.